The van der Waals surface area contributed by atoms with Gasteiger partial charge in [-0.1, -0.05) is 23.2 Å². The van der Waals surface area contributed by atoms with E-state index < -0.39 is 0 Å². The van der Waals surface area contributed by atoms with Gasteiger partial charge in [-0.2, -0.15) is 0 Å². The molecule has 1 aromatic heterocycles. The predicted octanol–water partition coefficient (Wildman–Crippen LogP) is 4.11. The number of aromatic nitrogens is 1. The molecular formula is C20H23Cl2N3O2. The van der Waals surface area contributed by atoms with Crippen LogP contribution in [0, 0.1) is 5.92 Å². The van der Waals surface area contributed by atoms with Gasteiger partial charge in [-0.15, -0.1) is 0 Å². The zero-order chi connectivity index (χ0) is 19.4. The van der Waals surface area contributed by atoms with Crippen molar-refractivity contribution in [1.82, 2.24) is 15.2 Å². The van der Waals surface area contributed by atoms with Crippen molar-refractivity contribution in [2.24, 2.45) is 5.92 Å². The van der Waals surface area contributed by atoms with Crippen molar-refractivity contribution in [3.8, 4) is 17.1 Å². The molecule has 0 spiro atoms. The number of hydrogen-bond donors (Lipinski definition) is 2. The summed E-state index contributed by atoms with van der Waals surface area (Å²) >= 11 is 12.2. The Bertz CT molecular complexity index is 801. The molecule has 0 radical (unpaired) electrons. The van der Waals surface area contributed by atoms with Gasteiger partial charge in [-0.05, 0) is 61.7 Å². The third-order valence-electron chi connectivity index (χ3n) is 4.78. The molecule has 1 aliphatic heterocycles. The van der Waals surface area contributed by atoms with Gasteiger partial charge in [-0.3, -0.25) is 9.69 Å². The lowest BCUT2D eigenvalue weighted by Crippen LogP contribution is -2.37. The highest BCUT2D eigenvalue weighted by molar-refractivity contribution is 6.35. The fourth-order valence-electron chi connectivity index (χ4n) is 3.41. The van der Waals surface area contributed by atoms with Crippen LogP contribution in [0.4, 0.5) is 0 Å². The summed E-state index contributed by atoms with van der Waals surface area (Å²) in [7, 11) is 0. The van der Waals surface area contributed by atoms with Crippen molar-refractivity contribution in [2.75, 3.05) is 19.6 Å². The number of aromatic hydroxyl groups is 1. The Morgan fingerprint density at radius 1 is 1.19 bits per heavy atom. The summed E-state index contributed by atoms with van der Waals surface area (Å²) < 4.78 is 0. The number of halogens is 2. The molecule has 27 heavy (non-hydrogen) atoms. The number of benzene rings is 1. The van der Waals surface area contributed by atoms with E-state index in [4.69, 9.17) is 23.2 Å². The van der Waals surface area contributed by atoms with Crippen LogP contribution in [0.15, 0.2) is 30.3 Å². The zero-order valence-corrected chi connectivity index (χ0v) is 16.7. The molecule has 5 nitrogen and oxygen atoms in total. The second-order valence-corrected chi connectivity index (χ2v) is 7.91. The van der Waals surface area contributed by atoms with Crippen molar-refractivity contribution in [3.05, 3.63) is 45.9 Å². The van der Waals surface area contributed by atoms with Gasteiger partial charge in [0, 0.05) is 41.7 Å². The van der Waals surface area contributed by atoms with Crippen molar-refractivity contribution in [3.63, 3.8) is 0 Å². The lowest BCUT2D eigenvalue weighted by Gasteiger charge is -2.32. The number of carbonyl (C=O) groups excluding carboxylic acids is 1. The minimum atomic E-state index is -0.0147. The van der Waals surface area contributed by atoms with Gasteiger partial charge in [0.05, 0.1) is 5.69 Å². The van der Waals surface area contributed by atoms with E-state index in [1.807, 2.05) is 6.07 Å². The minimum absolute atomic E-state index is 0.0147. The van der Waals surface area contributed by atoms with E-state index in [1.54, 1.807) is 31.2 Å². The van der Waals surface area contributed by atoms with Crippen LogP contribution in [0.1, 0.15) is 25.3 Å². The smallest absolute Gasteiger partial charge is 0.216 e. The summed E-state index contributed by atoms with van der Waals surface area (Å²) in [6.07, 6.45) is 2.10. The van der Waals surface area contributed by atoms with Crippen LogP contribution in [0.3, 0.4) is 0 Å². The molecule has 0 atom stereocenters. The highest BCUT2D eigenvalue weighted by Gasteiger charge is 2.20. The maximum absolute atomic E-state index is 11.0. The molecule has 144 valence electrons. The van der Waals surface area contributed by atoms with E-state index in [9.17, 15) is 9.90 Å². The van der Waals surface area contributed by atoms with Crippen LogP contribution in [0.5, 0.6) is 5.88 Å². The molecule has 1 amide bonds. The first-order valence-corrected chi connectivity index (χ1v) is 9.78. The second kappa shape index (κ2) is 8.91. The number of pyridine rings is 1. The van der Waals surface area contributed by atoms with E-state index in [2.05, 4.69) is 15.2 Å². The lowest BCUT2D eigenvalue weighted by molar-refractivity contribution is -0.119. The third-order valence-corrected chi connectivity index (χ3v) is 5.22. The van der Waals surface area contributed by atoms with E-state index in [1.165, 1.54) is 0 Å². The van der Waals surface area contributed by atoms with Crippen molar-refractivity contribution >= 4 is 29.1 Å². The topological polar surface area (TPSA) is 65.5 Å². The summed E-state index contributed by atoms with van der Waals surface area (Å²) in [5.74, 6) is 0.539. The fraction of sp³-hybridized carbons (Fsp3) is 0.400. The normalized spacial score (nSPS) is 15.7. The van der Waals surface area contributed by atoms with Gasteiger partial charge in [-0.25, -0.2) is 4.98 Å². The van der Waals surface area contributed by atoms with Crippen molar-refractivity contribution in [2.45, 2.75) is 26.3 Å². The van der Waals surface area contributed by atoms with Crippen LogP contribution >= 0.6 is 23.2 Å². The predicted molar refractivity (Wildman–Crippen MR) is 108 cm³/mol. The number of rotatable bonds is 5. The van der Waals surface area contributed by atoms with Gasteiger partial charge in [0.25, 0.3) is 0 Å². The average molecular weight is 408 g/mol. The van der Waals surface area contributed by atoms with Crippen LogP contribution < -0.4 is 5.32 Å². The van der Waals surface area contributed by atoms with Gasteiger partial charge in [0.15, 0.2) is 0 Å². The van der Waals surface area contributed by atoms with Crippen LogP contribution in [-0.2, 0) is 11.3 Å². The lowest BCUT2D eigenvalue weighted by atomic mass is 9.96. The molecule has 1 saturated heterocycles. The molecule has 0 bridgehead atoms. The molecule has 2 aromatic rings. The molecule has 2 heterocycles. The summed E-state index contributed by atoms with van der Waals surface area (Å²) in [6.45, 7) is 4.97. The molecule has 0 unspecified atom stereocenters. The van der Waals surface area contributed by atoms with Crippen molar-refractivity contribution < 1.29 is 9.90 Å². The molecule has 2 N–H and O–H groups in total. The van der Waals surface area contributed by atoms with Crippen LogP contribution in [-0.4, -0.2) is 40.5 Å². The summed E-state index contributed by atoms with van der Waals surface area (Å²) in [6, 6.07) is 8.89. The Kier molecular flexibility index (Phi) is 6.58. The number of nitrogens with zero attached hydrogens (tertiary/aromatic N) is 2. The number of hydrogen-bond acceptors (Lipinski definition) is 4. The number of carbonyl (C=O) groups is 1. The van der Waals surface area contributed by atoms with E-state index in [-0.39, 0.29) is 11.8 Å². The molecular weight excluding hydrogens is 385 g/mol. The van der Waals surface area contributed by atoms with Crippen LogP contribution in [0.25, 0.3) is 11.3 Å². The number of piperidine rings is 1. The first-order chi connectivity index (χ1) is 12.9. The Morgan fingerprint density at radius 2 is 1.85 bits per heavy atom. The maximum atomic E-state index is 11.0. The average Bonchev–Trinajstić information content (AvgIpc) is 2.60. The summed E-state index contributed by atoms with van der Waals surface area (Å²) in [5, 5.41) is 14.0. The Labute approximate surface area is 169 Å². The Hall–Kier alpha value is -1.82. The van der Waals surface area contributed by atoms with Gasteiger partial charge in [0.1, 0.15) is 0 Å². The number of nitrogens with one attached hydrogen (secondary N) is 1. The molecule has 1 aliphatic rings. The molecule has 1 aromatic carbocycles. The Morgan fingerprint density at radius 3 is 2.48 bits per heavy atom. The zero-order valence-electron chi connectivity index (χ0n) is 15.2. The number of likely N-dealkylation sites (tertiary alicyclic amines) is 1. The van der Waals surface area contributed by atoms with E-state index in [0.29, 0.717) is 21.7 Å². The first-order valence-electron chi connectivity index (χ1n) is 9.02. The molecule has 7 heteroatoms. The monoisotopic (exact) mass is 407 g/mol. The first kappa shape index (κ1) is 19.9. The number of amides is 1. The minimum Gasteiger partial charge on any atom is -0.493 e. The van der Waals surface area contributed by atoms with Gasteiger partial charge >= 0.3 is 0 Å². The highest BCUT2D eigenvalue weighted by Crippen LogP contribution is 2.29. The second-order valence-electron chi connectivity index (χ2n) is 7.03. The van der Waals surface area contributed by atoms with E-state index >= 15 is 0 Å². The van der Waals surface area contributed by atoms with Gasteiger partial charge in [0.2, 0.25) is 11.8 Å². The van der Waals surface area contributed by atoms with Crippen LogP contribution in [0.2, 0.25) is 10.0 Å². The van der Waals surface area contributed by atoms with Gasteiger partial charge < -0.3 is 10.4 Å². The third kappa shape index (κ3) is 5.83. The standard InChI is InChI=1S/C20H23Cl2N3O2/c1-13(26)23-11-14-2-4-25(5-3-14)12-15-6-19(24-20(27)7-15)16-8-17(21)10-18(22)9-16/h6-10,14H,2-5,11-12H2,1H3,(H,23,26)(H,24,27). The van der Waals surface area contributed by atoms with Crippen molar-refractivity contribution in [1.29, 1.82) is 0 Å². The SMILES string of the molecule is CC(=O)NCC1CCN(Cc2cc(O)nc(-c3cc(Cl)cc(Cl)c3)c2)CC1. The molecule has 0 aliphatic carbocycles. The summed E-state index contributed by atoms with van der Waals surface area (Å²) in [5.41, 5.74) is 2.42. The fourth-order valence-corrected chi connectivity index (χ4v) is 3.93. The quantitative estimate of drug-likeness (QED) is 0.782. The van der Waals surface area contributed by atoms with E-state index in [0.717, 1.165) is 50.1 Å². The molecule has 0 saturated carbocycles. The maximum Gasteiger partial charge on any atom is 0.216 e. The molecule has 3 rings (SSSR count). The summed E-state index contributed by atoms with van der Waals surface area (Å²) in [4.78, 5) is 17.6. The highest BCUT2D eigenvalue weighted by atomic mass is 35.5. The Balaban J connectivity index is 1.66. The molecule has 1 fully saturated rings. The largest absolute Gasteiger partial charge is 0.493 e.